The molecule has 0 heterocycles. The van der Waals surface area contributed by atoms with Gasteiger partial charge in [0.25, 0.3) is 0 Å². The minimum absolute atomic E-state index is 0.131. The summed E-state index contributed by atoms with van der Waals surface area (Å²) >= 11 is 0. The number of benzene rings is 1. The van der Waals surface area contributed by atoms with E-state index >= 15 is 0 Å². The first kappa shape index (κ1) is 15.0. The molecule has 0 aliphatic rings. The molecule has 2 heteroatoms. The molecule has 18 heavy (non-hydrogen) atoms. The van der Waals surface area contributed by atoms with Crippen molar-refractivity contribution in [2.24, 2.45) is 0 Å². The van der Waals surface area contributed by atoms with Gasteiger partial charge in [-0.25, -0.2) is 0 Å². The van der Waals surface area contributed by atoms with E-state index < -0.39 is 0 Å². The molecule has 0 spiro atoms. The van der Waals surface area contributed by atoms with E-state index in [1.165, 1.54) is 5.56 Å². The van der Waals surface area contributed by atoms with E-state index in [2.05, 4.69) is 71.1 Å². The van der Waals surface area contributed by atoms with E-state index in [1.807, 2.05) is 0 Å². The lowest BCUT2D eigenvalue weighted by Crippen LogP contribution is -2.33. The van der Waals surface area contributed by atoms with Gasteiger partial charge in [-0.15, -0.1) is 0 Å². The number of ether oxygens (including phenoxy) is 1. The predicted molar refractivity (Wildman–Crippen MR) is 78.3 cm³/mol. The van der Waals surface area contributed by atoms with Crippen molar-refractivity contribution in [3.63, 3.8) is 0 Å². The third-order valence-electron chi connectivity index (χ3n) is 2.51. The van der Waals surface area contributed by atoms with Crippen LogP contribution >= 0.6 is 0 Å². The van der Waals surface area contributed by atoms with Crippen LogP contribution in [0.2, 0.25) is 0 Å². The highest BCUT2D eigenvalue weighted by atomic mass is 16.5. The quantitative estimate of drug-likeness (QED) is 0.857. The van der Waals surface area contributed by atoms with Gasteiger partial charge in [-0.05, 0) is 51.8 Å². The average Bonchev–Trinajstić information content (AvgIpc) is 2.17. The second-order valence-electron chi connectivity index (χ2n) is 6.28. The molecule has 0 saturated carbocycles. The van der Waals surface area contributed by atoms with E-state index in [0.717, 1.165) is 12.2 Å². The minimum Gasteiger partial charge on any atom is -0.488 e. The molecule has 1 atom stereocenters. The van der Waals surface area contributed by atoms with E-state index in [9.17, 15) is 0 Å². The maximum Gasteiger partial charge on any atom is 0.120 e. The van der Waals surface area contributed by atoms with Crippen molar-refractivity contribution in [1.82, 2.24) is 5.32 Å². The molecule has 0 bridgehead atoms. The Bertz CT molecular complexity index is 348. The Hall–Kier alpha value is -1.02. The van der Waals surface area contributed by atoms with Gasteiger partial charge in [-0.3, -0.25) is 0 Å². The molecule has 1 aromatic carbocycles. The molecule has 0 radical (unpaired) electrons. The Labute approximate surface area is 112 Å². The van der Waals surface area contributed by atoms with E-state index in [0.29, 0.717) is 12.1 Å². The smallest absolute Gasteiger partial charge is 0.120 e. The number of nitrogens with one attached hydrogen (secondary N) is 1. The summed E-state index contributed by atoms with van der Waals surface area (Å²) in [4.78, 5) is 0. The van der Waals surface area contributed by atoms with E-state index in [-0.39, 0.29) is 5.60 Å². The van der Waals surface area contributed by atoms with E-state index in [1.54, 1.807) is 0 Å². The van der Waals surface area contributed by atoms with Crippen molar-refractivity contribution in [2.45, 2.75) is 65.6 Å². The molecule has 102 valence electrons. The van der Waals surface area contributed by atoms with Gasteiger partial charge >= 0.3 is 0 Å². The maximum atomic E-state index is 5.81. The van der Waals surface area contributed by atoms with Crippen LogP contribution < -0.4 is 10.1 Å². The Morgan fingerprint density at radius 1 is 1.06 bits per heavy atom. The van der Waals surface area contributed by atoms with Crippen molar-refractivity contribution < 1.29 is 4.74 Å². The second kappa shape index (κ2) is 6.24. The third-order valence-corrected chi connectivity index (χ3v) is 2.51. The third kappa shape index (κ3) is 6.06. The van der Waals surface area contributed by atoms with Crippen LogP contribution in [-0.2, 0) is 6.42 Å². The number of hydrogen-bond donors (Lipinski definition) is 1. The van der Waals surface area contributed by atoms with Gasteiger partial charge in [0.2, 0.25) is 0 Å². The summed E-state index contributed by atoms with van der Waals surface area (Å²) < 4.78 is 5.81. The summed E-state index contributed by atoms with van der Waals surface area (Å²) in [5.74, 6) is 0.940. The summed E-state index contributed by atoms with van der Waals surface area (Å²) in [6.07, 6.45) is 1.05. The van der Waals surface area contributed by atoms with Crippen molar-refractivity contribution >= 4 is 0 Å². The summed E-state index contributed by atoms with van der Waals surface area (Å²) in [6, 6.07) is 9.45. The van der Waals surface area contributed by atoms with Crippen molar-refractivity contribution in [2.75, 3.05) is 0 Å². The van der Waals surface area contributed by atoms with Gasteiger partial charge in [-0.2, -0.15) is 0 Å². The van der Waals surface area contributed by atoms with Crippen LogP contribution in [-0.4, -0.2) is 17.7 Å². The molecule has 0 aliphatic carbocycles. The molecule has 2 nitrogen and oxygen atoms in total. The molecule has 0 aromatic heterocycles. The van der Waals surface area contributed by atoms with Crippen LogP contribution in [0.4, 0.5) is 0 Å². The lowest BCUT2D eigenvalue weighted by Gasteiger charge is -2.21. The highest BCUT2D eigenvalue weighted by molar-refractivity contribution is 5.28. The van der Waals surface area contributed by atoms with Gasteiger partial charge in [-0.1, -0.05) is 26.0 Å². The normalized spacial score (nSPS) is 13.7. The van der Waals surface area contributed by atoms with Gasteiger partial charge in [0, 0.05) is 12.1 Å². The number of hydrogen-bond acceptors (Lipinski definition) is 2. The van der Waals surface area contributed by atoms with Crippen LogP contribution in [0.5, 0.6) is 5.75 Å². The van der Waals surface area contributed by atoms with Crippen LogP contribution in [0.25, 0.3) is 0 Å². The summed E-state index contributed by atoms with van der Waals surface area (Å²) in [7, 11) is 0. The standard InChI is InChI=1S/C16H27NO/c1-12(2)17-13(3)11-14-7-9-15(10-8-14)18-16(4,5)6/h7-10,12-13,17H,11H2,1-6H3. The fraction of sp³-hybridized carbons (Fsp3) is 0.625. The van der Waals surface area contributed by atoms with Crippen LogP contribution in [0.1, 0.15) is 47.1 Å². The minimum atomic E-state index is -0.131. The Balaban J connectivity index is 2.55. The molecule has 0 aliphatic heterocycles. The van der Waals surface area contributed by atoms with Crippen molar-refractivity contribution in [3.8, 4) is 5.75 Å². The van der Waals surface area contributed by atoms with Crippen LogP contribution in [0.15, 0.2) is 24.3 Å². The average molecular weight is 249 g/mol. The predicted octanol–water partition coefficient (Wildman–Crippen LogP) is 3.79. The first-order chi connectivity index (χ1) is 8.26. The molecular weight excluding hydrogens is 222 g/mol. The van der Waals surface area contributed by atoms with Gasteiger partial charge in [0.05, 0.1) is 0 Å². The summed E-state index contributed by atoms with van der Waals surface area (Å²) in [6.45, 7) is 12.8. The van der Waals surface area contributed by atoms with E-state index in [4.69, 9.17) is 4.74 Å². The zero-order chi connectivity index (χ0) is 13.8. The molecular formula is C16H27NO. The maximum absolute atomic E-state index is 5.81. The largest absolute Gasteiger partial charge is 0.488 e. The molecule has 1 aromatic rings. The molecule has 0 fully saturated rings. The fourth-order valence-corrected chi connectivity index (χ4v) is 2.03. The highest BCUT2D eigenvalue weighted by Crippen LogP contribution is 2.19. The highest BCUT2D eigenvalue weighted by Gasteiger charge is 2.11. The van der Waals surface area contributed by atoms with Crippen molar-refractivity contribution in [3.05, 3.63) is 29.8 Å². The second-order valence-corrected chi connectivity index (χ2v) is 6.28. The fourth-order valence-electron chi connectivity index (χ4n) is 2.03. The molecule has 1 rings (SSSR count). The zero-order valence-corrected chi connectivity index (χ0v) is 12.6. The van der Waals surface area contributed by atoms with Crippen molar-refractivity contribution in [1.29, 1.82) is 0 Å². The summed E-state index contributed by atoms with van der Waals surface area (Å²) in [5, 5.41) is 3.51. The molecule has 0 saturated heterocycles. The topological polar surface area (TPSA) is 21.3 Å². The van der Waals surface area contributed by atoms with Gasteiger partial charge in [0.15, 0.2) is 0 Å². The Kier molecular flexibility index (Phi) is 5.21. The summed E-state index contributed by atoms with van der Waals surface area (Å²) in [5.41, 5.74) is 1.21. The number of rotatable bonds is 5. The Morgan fingerprint density at radius 2 is 1.61 bits per heavy atom. The lowest BCUT2D eigenvalue weighted by atomic mass is 10.1. The first-order valence-electron chi connectivity index (χ1n) is 6.80. The van der Waals surface area contributed by atoms with Gasteiger partial charge < -0.3 is 10.1 Å². The molecule has 1 N–H and O–H groups in total. The first-order valence-corrected chi connectivity index (χ1v) is 6.80. The zero-order valence-electron chi connectivity index (χ0n) is 12.6. The van der Waals surface area contributed by atoms with Crippen LogP contribution in [0.3, 0.4) is 0 Å². The monoisotopic (exact) mass is 249 g/mol. The SMILES string of the molecule is CC(C)NC(C)Cc1ccc(OC(C)(C)C)cc1. The lowest BCUT2D eigenvalue weighted by molar-refractivity contribution is 0.131. The van der Waals surface area contributed by atoms with Crippen LogP contribution in [0, 0.1) is 0 Å². The molecule has 0 amide bonds. The Morgan fingerprint density at radius 3 is 2.06 bits per heavy atom. The molecule has 1 unspecified atom stereocenters. The van der Waals surface area contributed by atoms with Gasteiger partial charge in [0.1, 0.15) is 11.4 Å².